The zero-order valence-corrected chi connectivity index (χ0v) is 17.0. The largest absolute Gasteiger partial charge is 0.481 e. The van der Waals surface area contributed by atoms with Crippen LogP contribution >= 0.6 is 0 Å². The van der Waals surface area contributed by atoms with E-state index < -0.39 is 66.4 Å². The second-order valence-corrected chi connectivity index (χ2v) is 6.86. The van der Waals surface area contributed by atoms with Gasteiger partial charge in [-0.1, -0.05) is 0 Å². The monoisotopic (exact) mass is 433 g/mol. The summed E-state index contributed by atoms with van der Waals surface area (Å²) in [4.78, 5) is 58.8. The minimum Gasteiger partial charge on any atom is -0.481 e. The lowest BCUT2D eigenvalue weighted by molar-refractivity contribution is -0.147. The molecule has 0 aliphatic carbocycles. The van der Waals surface area contributed by atoms with Crippen LogP contribution in [0.1, 0.15) is 39.5 Å². The van der Waals surface area contributed by atoms with E-state index >= 15 is 0 Å². The Labute approximate surface area is 173 Å². The number of aliphatic carboxylic acids is 2. The van der Waals surface area contributed by atoms with E-state index in [1.165, 1.54) is 13.8 Å². The second kappa shape index (κ2) is 13.5. The Hall–Kier alpha value is -2.77. The van der Waals surface area contributed by atoms with Crippen molar-refractivity contribution in [3.8, 4) is 0 Å². The van der Waals surface area contributed by atoms with Gasteiger partial charge in [-0.3, -0.25) is 19.2 Å². The average molecular weight is 433 g/mol. The number of amides is 3. The maximum absolute atomic E-state index is 12.5. The number of carboxylic acids is 2. The highest BCUT2D eigenvalue weighted by atomic mass is 16.4. The molecule has 30 heavy (non-hydrogen) atoms. The van der Waals surface area contributed by atoms with Crippen LogP contribution in [0.2, 0.25) is 0 Å². The summed E-state index contributed by atoms with van der Waals surface area (Å²) in [6, 6.07) is -5.31. The molecule has 0 spiro atoms. The molecule has 0 aromatic heterocycles. The number of carboxylic acid groups (broad SMARTS) is 2. The number of carbonyl (C=O) groups excluding carboxylic acids is 3. The molecule has 0 bridgehead atoms. The maximum atomic E-state index is 12.5. The summed E-state index contributed by atoms with van der Waals surface area (Å²) < 4.78 is 0. The third kappa shape index (κ3) is 10.1. The highest BCUT2D eigenvalue weighted by Gasteiger charge is 2.32. The smallest absolute Gasteiger partial charge is 0.326 e. The molecule has 0 aromatic rings. The number of hydrogen-bond donors (Lipinski definition) is 8. The molecule has 0 aliphatic rings. The van der Waals surface area contributed by atoms with Crippen LogP contribution in [-0.2, 0) is 24.0 Å². The number of aliphatic hydroxyl groups is 1. The van der Waals surface area contributed by atoms with Gasteiger partial charge in [-0.15, -0.1) is 0 Å². The van der Waals surface area contributed by atoms with Gasteiger partial charge in [0.25, 0.3) is 0 Å². The molecule has 3 amide bonds. The third-order valence-corrected chi connectivity index (χ3v) is 4.05. The Morgan fingerprint density at radius 2 is 1.43 bits per heavy atom. The number of nitrogens with two attached hydrogens (primary N) is 2. The molecule has 0 rings (SSSR count). The van der Waals surface area contributed by atoms with Crippen molar-refractivity contribution in [1.82, 2.24) is 16.0 Å². The topological polar surface area (TPSA) is 234 Å². The van der Waals surface area contributed by atoms with Gasteiger partial charge in [0.1, 0.15) is 18.1 Å². The predicted molar refractivity (Wildman–Crippen MR) is 104 cm³/mol. The van der Waals surface area contributed by atoms with E-state index in [9.17, 15) is 29.1 Å². The summed E-state index contributed by atoms with van der Waals surface area (Å²) in [5, 5.41) is 34.4. The van der Waals surface area contributed by atoms with Crippen molar-refractivity contribution < 1.29 is 39.3 Å². The lowest BCUT2D eigenvalue weighted by atomic mass is 10.1. The van der Waals surface area contributed by atoms with Gasteiger partial charge in [-0.2, -0.15) is 0 Å². The Kier molecular flexibility index (Phi) is 12.2. The van der Waals surface area contributed by atoms with Crippen LogP contribution in [0.5, 0.6) is 0 Å². The van der Waals surface area contributed by atoms with Gasteiger partial charge in [-0.25, -0.2) is 4.79 Å². The highest BCUT2D eigenvalue weighted by molar-refractivity contribution is 5.94. The van der Waals surface area contributed by atoms with Crippen LogP contribution < -0.4 is 27.4 Å². The first-order chi connectivity index (χ1) is 13.9. The van der Waals surface area contributed by atoms with Crippen molar-refractivity contribution >= 4 is 29.7 Å². The first-order valence-electron chi connectivity index (χ1n) is 9.40. The maximum Gasteiger partial charge on any atom is 0.326 e. The minimum absolute atomic E-state index is 0.0714. The number of carbonyl (C=O) groups is 5. The molecule has 13 nitrogen and oxygen atoms in total. The third-order valence-electron chi connectivity index (χ3n) is 4.05. The van der Waals surface area contributed by atoms with E-state index in [0.29, 0.717) is 19.4 Å². The summed E-state index contributed by atoms with van der Waals surface area (Å²) >= 11 is 0. The van der Waals surface area contributed by atoms with Gasteiger partial charge in [0, 0.05) is 0 Å². The van der Waals surface area contributed by atoms with Gasteiger partial charge >= 0.3 is 11.9 Å². The number of rotatable bonds is 14. The fourth-order valence-electron chi connectivity index (χ4n) is 2.36. The zero-order valence-electron chi connectivity index (χ0n) is 17.0. The van der Waals surface area contributed by atoms with Gasteiger partial charge in [0.15, 0.2) is 0 Å². The van der Waals surface area contributed by atoms with Crippen molar-refractivity contribution in [1.29, 1.82) is 0 Å². The van der Waals surface area contributed by atoms with Crippen LogP contribution in [0.3, 0.4) is 0 Å². The van der Waals surface area contributed by atoms with Gasteiger partial charge in [-0.05, 0) is 39.7 Å². The molecule has 0 saturated heterocycles. The van der Waals surface area contributed by atoms with Crippen molar-refractivity contribution in [2.45, 2.75) is 69.8 Å². The quantitative estimate of drug-likeness (QED) is 0.128. The molecule has 5 atom stereocenters. The predicted octanol–water partition coefficient (Wildman–Crippen LogP) is -3.14. The number of hydrogen-bond acceptors (Lipinski definition) is 8. The fourth-order valence-corrected chi connectivity index (χ4v) is 2.36. The molecule has 0 fully saturated rings. The fraction of sp³-hybridized carbons (Fsp3) is 0.706. The van der Waals surface area contributed by atoms with Gasteiger partial charge in [0.05, 0.1) is 18.6 Å². The molecule has 5 unspecified atom stereocenters. The van der Waals surface area contributed by atoms with E-state index in [-0.39, 0.29) is 6.42 Å². The molecule has 10 N–H and O–H groups in total. The average Bonchev–Trinajstić information content (AvgIpc) is 2.63. The highest BCUT2D eigenvalue weighted by Crippen LogP contribution is 2.05. The molecule has 0 aliphatic heterocycles. The zero-order chi connectivity index (χ0) is 23.4. The van der Waals surface area contributed by atoms with Gasteiger partial charge in [0.2, 0.25) is 17.7 Å². The summed E-state index contributed by atoms with van der Waals surface area (Å²) in [5.74, 6) is -5.50. The van der Waals surface area contributed by atoms with E-state index in [2.05, 4.69) is 16.0 Å². The van der Waals surface area contributed by atoms with Crippen molar-refractivity contribution in [3.63, 3.8) is 0 Å². The van der Waals surface area contributed by atoms with Crippen LogP contribution in [0.15, 0.2) is 0 Å². The Morgan fingerprint density at radius 3 is 1.87 bits per heavy atom. The lowest BCUT2D eigenvalue weighted by Gasteiger charge is -2.26. The Morgan fingerprint density at radius 1 is 0.867 bits per heavy atom. The van der Waals surface area contributed by atoms with Crippen molar-refractivity contribution in [2.24, 2.45) is 11.5 Å². The van der Waals surface area contributed by atoms with Crippen molar-refractivity contribution in [3.05, 3.63) is 0 Å². The summed E-state index contributed by atoms with van der Waals surface area (Å²) in [6.45, 7) is 2.95. The van der Waals surface area contributed by atoms with E-state index in [4.69, 9.17) is 21.7 Å². The van der Waals surface area contributed by atoms with Crippen LogP contribution in [0.25, 0.3) is 0 Å². The first kappa shape index (κ1) is 27.2. The molecular weight excluding hydrogens is 402 g/mol. The standard InChI is InChI=1S/C17H31N5O8/c1-8(19)14(26)22-13(9(2)23)16(28)20-10(5-3-4-6-18)15(27)21-11(17(29)30)7-12(24)25/h8-11,13,23H,3-7,18-19H2,1-2H3,(H,20,28)(H,21,27)(H,22,26)(H,24,25)(H,29,30). The number of nitrogens with one attached hydrogen (secondary N) is 3. The second-order valence-electron chi connectivity index (χ2n) is 6.86. The Balaban J connectivity index is 5.39. The molecule has 13 heteroatoms. The molecule has 0 aromatic carbocycles. The summed E-state index contributed by atoms with van der Waals surface area (Å²) in [7, 11) is 0. The van der Waals surface area contributed by atoms with Crippen molar-refractivity contribution in [2.75, 3.05) is 6.54 Å². The number of unbranched alkanes of at least 4 members (excludes halogenated alkanes) is 1. The van der Waals surface area contributed by atoms with Gasteiger partial charge < -0.3 is 42.7 Å². The molecular formula is C17H31N5O8. The molecule has 0 radical (unpaired) electrons. The van der Waals surface area contributed by atoms with Crippen LogP contribution in [-0.4, -0.2) is 81.8 Å². The molecule has 0 heterocycles. The van der Waals surface area contributed by atoms with E-state index in [1.54, 1.807) is 0 Å². The SMILES string of the molecule is CC(N)C(=O)NC(C(=O)NC(CCCCN)C(=O)NC(CC(=O)O)C(=O)O)C(C)O. The van der Waals surface area contributed by atoms with Crippen LogP contribution in [0.4, 0.5) is 0 Å². The van der Waals surface area contributed by atoms with E-state index in [1.807, 2.05) is 0 Å². The summed E-state index contributed by atoms with van der Waals surface area (Å²) in [5.41, 5.74) is 10.8. The minimum atomic E-state index is -1.70. The lowest BCUT2D eigenvalue weighted by Crippen LogP contribution is -2.59. The first-order valence-corrected chi connectivity index (χ1v) is 9.40. The molecule has 172 valence electrons. The van der Waals surface area contributed by atoms with Crippen LogP contribution in [0, 0.1) is 0 Å². The van der Waals surface area contributed by atoms with E-state index in [0.717, 1.165) is 0 Å². The normalized spacial score (nSPS) is 15.8. The molecule has 0 saturated carbocycles. The Bertz CT molecular complexity index is 625. The number of aliphatic hydroxyl groups excluding tert-OH is 1. The summed E-state index contributed by atoms with van der Waals surface area (Å²) in [6.07, 6.45) is -1.19.